The van der Waals surface area contributed by atoms with Crippen LogP contribution in [0.2, 0.25) is 0 Å². The second kappa shape index (κ2) is 6.08. The van der Waals surface area contributed by atoms with Crippen LogP contribution in [0.25, 0.3) is 0 Å². The Kier molecular flexibility index (Phi) is 4.75. The number of hydrogen-bond donors (Lipinski definition) is 1. The molecule has 1 aromatic carbocycles. The van der Waals surface area contributed by atoms with Crippen molar-refractivity contribution in [1.82, 2.24) is 0 Å². The predicted octanol–water partition coefficient (Wildman–Crippen LogP) is 2.06. The van der Waals surface area contributed by atoms with Crippen LogP contribution in [0.3, 0.4) is 0 Å². The van der Waals surface area contributed by atoms with Gasteiger partial charge in [0.25, 0.3) is 0 Å². The number of rotatable bonds is 6. The van der Waals surface area contributed by atoms with Gasteiger partial charge in [-0.05, 0) is 19.9 Å². The van der Waals surface area contributed by atoms with Crippen LogP contribution >= 0.6 is 0 Å². The number of hydrogen-bond acceptors (Lipinski definition) is 4. The summed E-state index contributed by atoms with van der Waals surface area (Å²) in [5.74, 6) is 0.135. The third-order valence-corrected chi connectivity index (χ3v) is 2.76. The molecule has 5 nitrogen and oxygen atoms in total. The van der Waals surface area contributed by atoms with Gasteiger partial charge >= 0.3 is 0 Å². The highest BCUT2D eigenvalue weighted by Crippen LogP contribution is 2.25. The Labute approximate surface area is 101 Å². The van der Waals surface area contributed by atoms with Gasteiger partial charge in [0.15, 0.2) is 0 Å². The molecule has 0 unspecified atom stereocenters. The van der Waals surface area contributed by atoms with Gasteiger partial charge in [-0.25, -0.2) is 0 Å². The molecule has 1 rings (SSSR count). The van der Waals surface area contributed by atoms with Crippen molar-refractivity contribution < 1.29 is 10.0 Å². The number of anilines is 1. The van der Waals surface area contributed by atoms with Crippen LogP contribution in [0, 0.1) is 10.1 Å². The monoisotopic (exact) mass is 238 g/mol. The molecule has 0 amide bonds. The summed E-state index contributed by atoms with van der Waals surface area (Å²) < 4.78 is 0. The molecule has 0 aliphatic carbocycles. The molecule has 17 heavy (non-hydrogen) atoms. The summed E-state index contributed by atoms with van der Waals surface area (Å²) in [7, 11) is 0. The van der Waals surface area contributed by atoms with Crippen molar-refractivity contribution in [2.45, 2.75) is 20.3 Å². The number of benzene rings is 1. The first-order valence-electron chi connectivity index (χ1n) is 5.77. The minimum absolute atomic E-state index is 0.135. The van der Waals surface area contributed by atoms with E-state index in [1.165, 1.54) is 0 Å². The van der Waals surface area contributed by atoms with Gasteiger partial charge in [0.2, 0.25) is 6.54 Å². The number of aromatic hydroxyl groups is 1. The Morgan fingerprint density at radius 1 is 1.35 bits per heavy atom. The smallest absolute Gasteiger partial charge is 0.208 e. The lowest BCUT2D eigenvalue weighted by Crippen LogP contribution is -2.21. The van der Waals surface area contributed by atoms with E-state index >= 15 is 0 Å². The molecule has 0 aromatic heterocycles. The molecule has 0 bridgehead atoms. The van der Waals surface area contributed by atoms with Crippen molar-refractivity contribution in [1.29, 1.82) is 0 Å². The van der Waals surface area contributed by atoms with E-state index < -0.39 is 0 Å². The fourth-order valence-electron chi connectivity index (χ4n) is 1.76. The van der Waals surface area contributed by atoms with Crippen molar-refractivity contribution >= 4 is 5.69 Å². The van der Waals surface area contributed by atoms with Crippen molar-refractivity contribution in [2.75, 3.05) is 24.5 Å². The molecule has 0 spiro atoms. The number of phenolic OH excluding ortho intramolecular Hbond substituents is 1. The zero-order chi connectivity index (χ0) is 12.8. The first kappa shape index (κ1) is 13.3. The molecule has 5 heteroatoms. The van der Waals surface area contributed by atoms with Gasteiger partial charge in [0.05, 0.1) is 0 Å². The van der Waals surface area contributed by atoms with Crippen molar-refractivity contribution in [2.24, 2.45) is 0 Å². The molecule has 0 aliphatic rings. The molecular formula is C12H18N2O3. The summed E-state index contributed by atoms with van der Waals surface area (Å²) >= 11 is 0. The third kappa shape index (κ3) is 3.62. The summed E-state index contributed by atoms with van der Waals surface area (Å²) in [4.78, 5) is 12.0. The Morgan fingerprint density at radius 2 is 2.00 bits per heavy atom. The number of phenols is 1. The highest BCUT2D eigenvalue weighted by atomic mass is 16.6. The van der Waals surface area contributed by atoms with Crippen molar-refractivity contribution in [3.05, 3.63) is 33.9 Å². The Morgan fingerprint density at radius 3 is 2.47 bits per heavy atom. The van der Waals surface area contributed by atoms with Crippen LogP contribution in [-0.2, 0) is 6.42 Å². The summed E-state index contributed by atoms with van der Waals surface area (Å²) in [6, 6.07) is 5.32. The molecule has 0 radical (unpaired) electrons. The van der Waals surface area contributed by atoms with Gasteiger partial charge in [0.1, 0.15) is 5.75 Å². The lowest BCUT2D eigenvalue weighted by atomic mass is 10.1. The molecule has 94 valence electrons. The first-order valence-corrected chi connectivity index (χ1v) is 5.77. The summed E-state index contributed by atoms with van der Waals surface area (Å²) in [6.07, 6.45) is 0.261. The Hall–Kier alpha value is -1.78. The van der Waals surface area contributed by atoms with E-state index in [4.69, 9.17) is 0 Å². The summed E-state index contributed by atoms with van der Waals surface area (Å²) in [5.41, 5.74) is 1.56. The van der Waals surface area contributed by atoms with Crippen molar-refractivity contribution in [3.63, 3.8) is 0 Å². The van der Waals surface area contributed by atoms with Crippen LogP contribution < -0.4 is 4.90 Å². The van der Waals surface area contributed by atoms with E-state index in [9.17, 15) is 15.2 Å². The normalized spacial score (nSPS) is 10.2. The van der Waals surface area contributed by atoms with Crippen LogP contribution in [0.1, 0.15) is 19.4 Å². The quantitative estimate of drug-likeness (QED) is 0.608. The van der Waals surface area contributed by atoms with Crippen LogP contribution in [0.4, 0.5) is 5.69 Å². The summed E-state index contributed by atoms with van der Waals surface area (Å²) in [5, 5.41) is 20.1. The molecule has 0 saturated carbocycles. The largest absolute Gasteiger partial charge is 0.508 e. The molecule has 1 N–H and O–H groups in total. The highest BCUT2D eigenvalue weighted by molar-refractivity contribution is 5.53. The molecule has 0 heterocycles. The standard InChI is InChI=1S/C12H18N2O3/c1-3-13(4-2)11-6-5-10(12(15)9-11)7-8-14(16)17/h5-6,9,15H,3-4,7-8H2,1-2H3. The SMILES string of the molecule is CCN(CC)c1ccc(CC[N+](=O)[O-])c(O)c1. The maximum absolute atomic E-state index is 10.3. The molecule has 0 aliphatic heterocycles. The first-order chi connectivity index (χ1) is 8.08. The van der Waals surface area contributed by atoms with E-state index in [1.807, 2.05) is 19.9 Å². The molecule has 0 atom stereocenters. The predicted molar refractivity (Wildman–Crippen MR) is 67.2 cm³/mol. The zero-order valence-electron chi connectivity index (χ0n) is 10.2. The maximum atomic E-state index is 10.3. The van der Waals surface area contributed by atoms with Gasteiger partial charge in [-0.15, -0.1) is 0 Å². The maximum Gasteiger partial charge on any atom is 0.208 e. The topological polar surface area (TPSA) is 66.6 Å². The van der Waals surface area contributed by atoms with Gasteiger partial charge in [-0.2, -0.15) is 0 Å². The fraction of sp³-hybridized carbons (Fsp3) is 0.500. The zero-order valence-corrected chi connectivity index (χ0v) is 10.2. The van der Waals surface area contributed by atoms with Crippen LogP contribution in [0.15, 0.2) is 18.2 Å². The van der Waals surface area contributed by atoms with Gasteiger partial charge in [0, 0.05) is 41.8 Å². The molecule has 0 fully saturated rings. The lowest BCUT2D eigenvalue weighted by molar-refractivity contribution is -0.479. The molecule has 0 saturated heterocycles. The van der Waals surface area contributed by atoms with Crippen LogP contribution in [-0.4, -0.2) is 29.7 Å². The molecular weight excluding hydrogens is 220 g/mol. The average molecular weight is 238 g/mol. The molecule has 1 aromatic rings. The van der Waals surface area contributed by atoms with Gasteiger partial charge in [-0.1, -0.05) is 6.07 Å². The van der Waals surface area contributed by atoms with Gasteiger partial charge < -0.3 is 10.0 Å². The average Bonchev–Trinajstić information content (AvgIpc) is 2.29. The van der Waals surface area contributed by atoms with E-state index in [2.05, 4.69) is 4.90 Å². The highest BCUT2D eigenvalue weighted by Gasteiger charge is 2.08. The van der Waals surface area contributed by atoms with E-state index in [0.29, 0.717) is 5.56 Å². The Bertz CT molecular complexity index is 389. The van der Waals surface area contributed by atoms with E-state index in [0.717, 1.165) is 18.8 Å². The minimum atomic E-state index is -0.377. The Balaban J connectivity index is 2.81. The fourth-order valence-corrected chi connectivity index (χ4v) is 1.76. The second-order valence-electron chi connectivity index (χ2n) is 3.79. The van der Waals surface area contributed by atoms with Crippen molar-refractivity contribution in [3.8, 4) is 5.75 Å². The van der Waals surface area contributed by atoms with E-state index in [1.54, 1.807) is 12.1 Å². The van der Waals surface area contributed by atoms with Crippen LogP contribution in [0.5, 0.6) is 5.75 Å². The van der Waals surface area contributed by atoms with E-state index in [-0.39, 0.29) is 23.6 Å². The number of nitro groups is 1. The minimum Gasteiger partial charge on any atom is -0.508 e. The second-order valence-corrected chi connectivity index (χ2v) is 3.79. The summed E-state index contributed by atoms with van der Waals surface area (Å²) in [6.45, 7) is 5.66. The lowest BCUT2D eigenvalue weighted by Gasteiger charge is -2.21. The van der Waals surface area contributed by atoms with Gasteiger partial charge in [-0.3, -0.25) is 10.1 Å². The third-order valence-electron chi connectivity index (χ3n) is 2.76. The number of nitrogens with zero attached hydrogens (tertiary/aromatic N) is 2.